The van der Waals surface area contributed by atoms with Gasteiger partial charge in [0.05, 0.1) is 34.6 Å². The maximum atomic E-state index is 13.3. The maximum absolute atomic E-state index is 13.3. The Kier molecular flexibility index (Phi) is 6.08. The van der Waals surface area contributed by atoms with E-state index in [1.54, 1.807) is 28.0 Å². The largest absolute Gasteiger partial charge is 0.419 e. The number of aromatic nitrogens is 5. The molecule has 0 unspecified atom stereocenters. The summed E-state index contributed by atoms with van der Waals surface area (Å²) in [5, 5.41) is 13.1. The molecule has 0 bridgehead atoms. The summed E-state index contributed by atoms with van der Waals surface area (Å²) in [6.45, 7) is 4.59. The molecule has 1 aromatic carbocycles. The van der Waals surface area contributed by atoms with Gasteiger partial charge in [0.1, 0.15) is 0 Å². The van der Waals surface area contributed by atoms with Gasteiger partial charge in [-0.3, -0.25) is 4.79 Å². The summed E-state index contributed by atoms with van der Waals surface area (Å²) >= 11 is 6.22. The van der Waals surface area contributed by atoms with Gasteiger partial charge in [0, 0.05) is 12.7 Å². The van der Waals surface area contributed by atoms with Crippen LogP contribution in [0.1, 0.15) is 35.3 Å². The summed E-state index contributed by atoms with van der Waals surface area (Å²) in [5.74, 6) is 1.16. The van der Waals surface area contributed by atoms with Crippen molar-refractivity contribution >= 4 is 17.5 Å². The van der Waals surface area contributed by atoms with E-state index in [9.17, 15) is 4.79 Å². The lowest BCUT2D eigenvalue weighted by Gasteiger charge is -2.20. The van der Waals surface area contributed by atoms with E-state index < -0.39 is 0 Å². The summed E-state index contributed by atoms with van der Waals surface area (Å²) in [7, 11) is 0. The van der Waals surface area contributed by atoms with Gasteiger partial charge in [0.2, 0.25) is 11.8 Å². The quantitative estimate of drug-likeness (QED) is 0.428. The van der Waals surface area contributed by atoms with Crippen LogP contribution in [0.15, 0.2) is 59.3 Å². The zero-order chi connectivity index (χ0) is 21.8. The highest BCUT2D eigenvalue weighted by molar-refractivity contribution is 6.33. The van der Waals surface area contributed by atoms with Gasteiger partial charge in [-0.05, 0) is 37.6 Å². The molecule has 0 saturated heterocycles. The molecular formula is C22H21ClN6O2. The number of rotatable bonds is 7. The highest BCUT2D eigenvalue weighted by Crippen LogP contribution is 2.26. The average molecular weight is 437 g/mol. The second kappa shape index (κ2) is 9.09. The molecule has 8 nitrogen and oxygen atoms in total. The normalized spacial score (nSPS) is 10.9. The lowest BCUT2D eigenvalue weighted by Crippen LogP contribution is -2.31. The molecule has 0 aliphatic carbocycles. The van der Waals surface area contributed by atoms with Crippen LogP contribution in [0.25, 0.3) is 17.3 Å². The molecule has 3 aromatic heterocycles. The van der Waals surface area contributed by atoms with Crippen LogP contribution in [0.5, 0.6) is 0 Å². The number of benzene rings is 1. The first-order chi connectivity index (χ1) is 15.1. The van der Waals surface area contributed by atoms with Crippen LogP contribution in [0.2, 0.25) is 5.02 Å². The van der Waals surface area contributed by atoms with Gasteiger partial charge in [-0.15, -0.1) is 10.2 Å². The Morgan fingerprint density at radius 2 is 1.97 bits per heavy atom. The summed E-state index contributed by atoms with van der Waals surface area (Å²) < 4.78 is 7.44. The van der Waals surface area contributed by atoms with Crippen molar-refractivity contribution in [2.24, 2.45) is 0 Å². The maximum Gasteiger partial charge on any atom is 0.257 e. The minimum absolute atomic E-state index is 0.154. The number of nitrogens with zero attached hydrogens (tertiary/aromatic N) is 6. The molecule has 4 aromatic rings. The summed E-state index contributed by atoms with van der Waals surface area (Å²) in [5.41, 5.74) is 1.88. The van der Waals surface area contributed by atoms with Gasteiger partial charge < -0.3 is 9.32 Å². The van der Waals surface area contributed by atoms with Crippen molar-refractivity contribution in [1.82, 2.24) is 29.9 Å². The minimum Gasteiger partial charge on any atom is -0.419 e. The van der Waals surface area contributed by atoms with E-state index >= 15 is 0 Å². The van der Waals surface area contributed by atoms with Gasteiger partial charge >= 0.3 is 0 Å². The van der Waals surface area contributed by atoms with E-state index in [-0.39, 0.29) is 12.5 Å². The Morgan fingerprint density at radius 1 is 1.16 bits per heavy atom. The van der Waals surface area contributed by atoms with Crippen molar-refractivity contribution in [3.05, 3.63) is 77.0 Å². The smallest absolute Gasteiger partial charge is 0.257 e. The fourth-order valence-electron chi connectivity index (χ4n) is 3.25. The summed E-state index contributed by atoms with van der Waals surface area (Å²) in [6.07, 6.45) is 4.04. The highest BCUT2D eigenvalue weighted by atomic mass is 35.5. The number of halogens is 1. The molecule has 1 amide bonds. The van der Waals surface area contributed by atoms with Gasteiger partial charge in [-0.2, -0.15) is 5.10 Å². The molecule has 3 heterocycles. The molecule has 0 N–H and O–H groups in total. The molecule has 9 heteroatoms. The molecule has 31 heavy (non-hydrogen) atoms. The van der Waals surface area contributed by atoms with Crippen molar-refractivity contribution in [3.8, 4) is 17.3 Å². The van der Waals surface area contributed by atoms with Crippen LogP contribution in [0, 0.1) is 6.92 Å². The number of carbonyl (C=O) groups is 1. The van der Waals surface area contributed by atoms with Crippen LogP contribution in [-0.2, 0) is 6.54 Å². The van der Waals surface area contributed by atoms with Crippen molar-refractivity contribution in [2.45, 2.75) is 26.8 Å². The van der Waals surface area contributed by atoms with Crippen LogP contribution in [-0.4, -0.2) is 42.3 Å². The predicted octanol–water partition coefficient (Wildman–Crippen LogP) is 4.33. The molecule has 0 fully saturated rings. The number of pyridine rings is 1. The first kappa shape index (κ1) is 20.7. The third-order valence-corrected chi connectivity index (χ3v) is 5.11. The predicted molar refractivity (Wildman–Crippen MR) is 116 cm³/mol. The fourth-order valence-corrected chi connectivity index (χ4v) is 3.46. The first-order valence-corrected chi connectivity index (χ1v) is 10.3. The van der Waals surface area contributed by atoms with Crippen LogP contribution < -0.4 is 0 Å². The van der Waals surface area contributed by atoms with E-state index in [1.807, 2.05) is 50.2 Å². The second-order valence-corrected chi connectivity index (χ2v) is 7.36. The first-order valence-electron chi connectivity index (χ1n) is 9.91. The molecule has 0 aliphatic heterocycles. The Hall–Kier alpha value is -3.52. The van der Waals surface area contributed by atoms with Crippen LogP contribution in [0.4, 0.5) is 0 Å². The zero-order valence-electron chi connectivity index (χ0n) is 17.2. The Labute approximate surface area is 184 Å². The second-order valence-electron chi connectivity index (χ2n) is 6.95. The van der Waals surface area contributed by atoms with Crippen molar-refractivity contribution in [2.75, 3.05) is 6.54 Å². The third-order valence-electron chi connectivity index (χ3n) is 4.78. The number of carbonyl (C=O) groups excluding carboxylic acids is 1. The third kappa shape index (κ3) is 4.34. The molecule has 0 atom stereocenters. The fraction of sp³-hybridized carbons (Fsp3) is 0.227. The lowest BCUT2D eigenvalue weighted by molar-refractivity contribution is 0.0728. The Morgan fingerprint density at radius 3 is 2.71 bits per heavy atom. The molecule has 0 saturated carbocycles. The SMILES string of the molecule is CCCN(Cc1nnc(-c2ccccc2Cl)o1)C(=O)c1cnn(-c2ccccn2)c1C. The number of hydrogen-bond donors (Lipinski definition) is 0. The standard InChI is InChI=1S/C22H21ClN6O2/c1-3-12-28(14-20-26-27-21(31-20)16-8-4-5-9-18(16)23)22(30)17-13-25-29(15(17)2)19-10-6-7-11-24-19/h4-11,13H,3,12,14H2,1-2H3. The van der Waals surface area contributed by atoms with Crippen molar-refractivity contribution < 1.29 is 9.21 Å². The highest BCUT2D eigenvalue weighted by Gasteiger charge is 2.23. The average Bonchev–Trinajstić information content (AvgIpc) is 3.40. The number of hydrogen-bond acceptors (Lipinski definition) is 6. The summed E-state index contributed by atoms with van der Waals surface area (Å²) in [6, 6.07) is 12.8. The van der Waals surface area contributed by atoms with Gasteiger partial charge in [0.25, 0.3) is 5.91 Å². The van der Waals surface area contributed by atoms with E-state index in [0.717, 1.165) is 6.42 Å². The topological polar surface area (TPSA) is 89.9 Å². The van der Waals surface area contributed by atoms with Crippen molar-refractivity contribution in [3.63, 3.8) is 0 Å². The Bertz CT molecular complexity index is 1190. The van der Waals surface area contributed by atoms with E-state index in [1.165, 1.54) is 0 Å². The molecule has 0 radical (unpaired) electrons. The van der Waals surface area contributed by atoms with Gasteiger partial charge in [-0.25, -0.2) is 9.67 Å². The molecule has 158 valence electrons. The van der Waals surface area contributed by atoms with E-state index in [0.29, 0.717) is 46.0 Å². The van der Waals surface area contributed by atoms with Crippen molar-refractivity contribution in [1.29, 1.82) is 0 Å². The molecule has 4 rings (SSSR count). The Balaban J connectivity index is 1.57. The molecular weight excluding hydrogens is 416 g/mol. The molecule has 0 spiro atoms. The zero-order valence-corrected chi connectivity index (χ0v) is 18.0. The van der Waals surface area contributed by atoms with E-state index in [2.05, 4.69) is 20.3 Å². The van der Waals surface area contributed by atoms with E-state index in [4.69, 9.17) is 16.0 Å². The lowest BCUT2D eigenvalue weighted by atomic mass is 10.2. The number of amides is 1. The van der Waals surface area contributed by atoms with Gasteiger partial charge in [0.15, 0.2) is 5.82 Å². The minimum atomic E-state index is -0.154. The van der Waals surface area contributed by atoms with Gasteiger partial charge in [-0.1, -0.05) is 36.7 Å². The monoisotopic (exact) mass is 436 g/mol. The molecule has 0 aliphatic rings. The summed E-state index contributed by atoms with van der Waals surface area (Å²) in [4.78, 5) is 19.3. The van der Waals surface area contributed by atoms with Crippen LogP contribution >= 0.6 is 11.6 Å². The van der Waals surface area contributed by atoms with Crippen LogP contribution in [0.3, 0.4) is 0 Å².